The maximum Gasteiger partial charge on any atom is 0.0379 e. The van der Waals surface area contributed by atoms with Gasteiger partial charge in [-0.2, -0.15) is 0 Å². The van der Waals surface area contributed by atoms with Crippen molar-refractivity contribution in [2.45, 2.75) is 41.9 Å². The molecular formula is C15H20ClNS. The van der Waals surface area contributed by atoms with Crippen molar-refractivity contribution in [2.24, 2.45) is 0 Å². The van der Waals surface area contributed by atoms with Gasteiger partial charge in [-0.3, -0.25) is 4.90 Å². The van der Waals surface area contributed by atoms with Gasteiger partial charge in [0.25, 0.3) is 0 Å². The Balaban J connectivity index is 1.61. The third kappa shape index (κ3) is 2.71. The van der Waals surface area contributed by atoms with Gasteiger partial charge in [0.05, 0.1) is 0 Å². The van der Waals surface area contributed by atoms with Crippen LogP contribution in [-0.2, 0) is 6.42 Å². The SMILES string of the molecule is ClCC1CCCCN1CC1Cc2ccccc2S1. The van der Waals surface area contributed by atoms with Crippen LogP contribution >= 0.6 is 23.4 Å². The van der Waals surface area contributed by atoms with Crippen molar-refractivity contribution >= 4 is 23.4 Å². The lowest BCUT2D eigenvalue weighted by molar-refractivity contribution is 0.164. The third-order valence-electron chi connectivity index (χ3n) is 4.08. The summed E-state index contributed by atoms with van der Waals surface area (Å²) in [5.41, 5.74) is 1.53. The molecule has 0 N–H and O–H groups in total. The zero-order valence-electron chi connectivity index (χ0n) is 10.6. The zero-order valence-corrected chi connectivity index (χ0v) is 12.2. The maximum absolute atomic E-state index is 6.10. The van der Waals surface area contributed by atoms with Crippen LogP contribution in [0.1, 0.15) is 24.8 Å². The van der Waals surface area contributed by atoms with Crippen LogP contribution in [0.4, 0.5) is 0 Å². The lowest BCUT2D eigenvalue weighted by atomic mass is 10.0. The second-order valence-corrected chi connectivity index (χ2v) is 7.00. The topological polar surface area (TPSA) is 3.24 Å². The highest BCUT2D eigenvalue weighted by molar-refractivity contribution is 8.00. The van der Waals surface area contributed by atoms with Gasteiger partial charge in [-0.1, -0.05) is 24.6 Å². The lowest BCUT2D eigenvalue weighted by Crippen LogP contribution is -2.44. The van der Waals surface area contributed by atoms with E-state index in [1.54, 1.807) is 0 Å². The van der Waals surface area contributed by atoms with Crippen molar-refractivity contribution in [3.63, 3.8) is 0 Å². The van der Waals surface area contributed by atoms with E-state index >= 15 is 0 Å². The van der Waals surface area contributed by atoms with Gasteiger partial charge in [0, 0.05) is 28.6 Å². The average molecular weight is 282 g/mol. The molecule has 0 radical (unpaired) electrons. The monoisotopic (exact) mass is 281 g/mol. The van der Waals surface area contributed by atoms with Crippen molar-refractivity contribution in [2.75, 3.05) is 19.0 Å². The number of halogens is 1. The fraction of sp³-hybridized carbons (Fsp3) is 0.600. The standard InChI is InChI=1S/C15H20ClNS/c16-10-13-6-3-4-8-17(13)11-14-9-12-5-1-2-7-15(12)18-14/h1-2,5,7,13-14H,3-4,6,8-11H2. The summed E-state index contributed by atoms with van der Waals surface area (Å²) in [6, 6.07) is 9.46. The molecule has 0 aromatic heterocycles. The van der Waals surface area contributed by atoms with Crippen molar-refractivity contribution in [1.82, 2.24) is 4.90 Å². The van der Waals surface area contributed by atoms with Crippen molar-refractivity contribution in [1.29, 1.82) is 0 Å². The Labute approximate surface area is 119 Å². The average Bonchev–Trinajstić information content (AvgIpc) is 2.81. The molecule has 2 atom stereocenters. The maximum atomic E-state index is 6.10. The van der Waals surface area contributed by atoms with Gasteiger partial charge in [-0.05, 0) is 37.4 Å². The summed E-state index contributed by atoms with van der Waals surface area (Å²) in [6.07, 6.45) is 5.21. The fourth-order valence-corrected chi connectivity index (χ4v) is 4.79. The first-order valence-corrected chi connectivity index (χ1v) is 8.33. The van der Waals surface area contributed by atoms with E-state index in [-0.39, 0.29) is 0 Å². The van der Waals surface area contributed by atoms with Gasteiger partial charge in [0.2, 0.25) is 0 Å². The smallest absolute Gasteiger partial charge is 0.0379 e. The largest absolute Gasteiger partial charge is 0.298 e. The highest BCUT2D eigenvalue weighted by Gasteiger charge is 2.28. The van der Waals surface area contributed by atoms with Crippen molar-refractivity contribution in [3.8, 4) is 0 Å². The molecule has 2 aliphatic rings. The molecule has 2 heterocycles. The lowest BCUT2D eigenvalue weighted by Gasteiger charge is -2.36. The minimum Gasteiger partial charge on any atom is -0.298 e. The Kier molecular flexibility index (Phi) is 4.17. The molecule has 3 rings (SSSR count). The van der Waals surface area contributed by atoms with Gasteiger partial charge in [0.15, 0.2) is 0 Å². The van der Waals surface area contributed by atoms with Crippen LogP contribution in [0, 0.1) is 0 Å². The molecule has 1 nitrogen and oxygen atoms in total. The zero-order chi connectivity index (χ0) is 12.4. The molecule has 2 unspecified atom stereocenters. The molecule has 1 fully saturated rings. The third-order valence-corrected chi connectivity index (χ3v) is 5.74. The Hall–Kier alpha value is -0.180. The molecular weight excluding hydrogens is 262 g/mol. The second kappa shape index (κ2) is 5.85. The summed E-state index contributed by atoms with van der Waals surface area (Å²) in [6.45, 7) is 2.45. The van der Waals surface area contributed by atoms with E-state index in [9.17, 15) is 0 Å². The van der Waals surface area contributed by atoms with Gasteiger partial charge >= 0.3 is 0 Å². The summed E-state index contributed by atoms with van der Waals surface area (Å²) in [5.74, 6) is 0.796. The van der Waals surface area contributed by atoms with E-state index in [2.05, 4.69) is 40.9 Å². The normalized spacial score (nSPS) is 28.3. The summed E-state index contributed by atoms with van der Waals surface area (Å²) < 4.78 is 0. The van der Waals surface area contributed by atoms with E-state index in [1.807, 2.05) is 0 Å². The van der Waals surface area contributed by atoms with Crippen LogP contribution in [-0.4, -0.2) is 35.2 Å². The van der Waals surface area contributed by atoms with Crippen LogP contribution in [0.25, 0.3) is 0 Å². The van der Waals surface area contributed by atoms with E-state index in [0.29, 0.717) is 6.04 Å². The van der Waals surface area contributed by atoms with Crippen LogP contribution in [0.15, 0.2) is 29.2 Å². The van der Waals surface area contributed by atoms with Gasteiger partial charge in [-0.25, -0.2) is 0 Å². The Morgan fingerprint density at radius 2 is 2.17 bits per heavy atom. The number of rotatable bonds is 3. The second-order valence-electron chi connectivity index (χ2n) is 5.35. The number of piperidine rings is 1. The van der Waals surface area contributed by atoms with Crippen molar-refractivity contribution < 1.29 is 0 Å². The Bertz CT molecular complexity index is 384. The summed E-state index contributed by atoms with van der Waals surface area (Å²) >= 11 is 8.16. The molecule has 0 spiro atoms. The van der Waals surface area contributed by atoms with Crippen LogP contribution < -0.4 is 0 Å². The predicted molar refractivity (Wildman–Crippen MR) is 79.7 cm³/mol. The number of hydrogen-bond acceptors (Lipinski definition) is 2. The fourth-order valence-electron chi connectivity index (χ4n) is 3.09. The first-order valence-electron chi connectivity index (χ1n) is 6.91. The minimum atomic E-state index is 0.615. The quantitative estimate of drug-likeness (QED) is 0.776. The minimum absolute atomic E-state index is 0.615. The van der Waals surface area contributed by atoms with E-state index in [4.69, 9.17) is 11.6 Å². The molecule has 2 aliphatic heterocycles. The molecule has 3 heteroatoms. The number of benzene rings is 1. The molecule has 1 aromatic rings. The van der Waals surface area contributed by atoms with E-state index in [0.717, 1.165) is 11.1 Å². The van der Waals surface area contributed by atoms with Crippen LogP contribution in [0.2, 0.25) is 0 Å². The first-order chi connectivity index (χ1) is 8.86. The van der Waals surface area contributed by atoms with Crippen LogP contribution in [0.5, 0.6) is 0 Å². The molecule has 1 saturated heterocycles. The molecule has 0 saturated carbocycles. The molecule has 98 valence electrons. The highest BCUT2D eigenvalue weighted by Crippen LogP contribution is 2.37. The predicted octanol–water partition coefficient (Wildman–Crippen LogP) is 3.80. The van der Waals surface area contributed by atoms with Crippen LogP contribution in [0.3, 0.4) is 0 Å². The number of fused-ring (bicyclic) bond motifs is 1. The summed E-state index contributed by atoms with van der Waals surface area (Å²) in [7, 11) is 0. The number of thioether (sulfide) groups is 1. The number of hydrogen-bond donors (Lipinski definition) is 0. The van der Waals surface area contributed by atoms with E-state index in [1.165, 1.54) is 49.2 Å². The first kappa shape index (κ1) is 12.8. The molecule has 0 amide bonds. The van der Waals surface area contributed by atoms with Gasteiger partial charge in [-0.15, -0.1) is 23.4 Å². The number of nitrogens with zero attached hydrogens (tertiary/aromatic N) is 1. The number of likely N-dealkylation sites (tertiary alicyclic amines) is 1. The molecule has 18 heavy (non-hydrogen) atoms. The summed E-state index contributed by atoms with van der Waals surface area (Å²) in [4.78, 5) is 4.11. The molecule has 0 bridgehead atoms. The highest BCUT2D eigenvalue weighted by atomic mass is 35.5. The summed E-state index contributed by atoms with van der Waals surface area (Å²) in [5, 5.41) is 0.728. The Morgan fingerprint density at radius 1 is 1.28 bits per heavy atom. The number of alkyl halides is 1. The van der Waals surface area contributed by atoms with Crippen molar-refractivity contribution in [3.05, 3.63) is 29.8 Å². The van der Waals surface area contributed by atoms with Gasteiger partial charge in [0.1, 0.15) is 0 Å². The Morgan fingerprint density at radius 3 is 3.00 bits per heavy atom. The van der Waals surface area contributed by atoms with E-state index < -0.39 is 0 Å². The molecule has 1 aromatic carbocycles. The molecule has 0 aliphatic carbocycles. The van der Waals surface area contributed by atoms with Gasteiger partial charge < -0.3 is 0 Å².